The van der Waals surface area contributed by atoms with Gasteiger partial charge in [0.15, 0.2) is 12.5 Å². The summed E-state index contributed by atoms with van der Waals surface area (Å²) in [5.41, 5.74) is 4.39. The van der Waals surface area contributed by atoms with Gasteiger partial charge in [0.25, 0.3) is 7.82 Å². The van der Waals surface area contributed by atoms with Gasteiger partial charge in [0, 0.05) is 12.6 Å². The number of hydrogen-bond donors (Lipinski definition) is 14. The number of aliphatic carboxylic acids is 1. The van der Waals surface area contributed by atoms with Crippen LogP contribution in [0.15, 0.2) is 17.1 Å². The van der Waals surface area contributed by atoms with Gasteiger partial charge >= 0.3 is 13.5 Å². The third-order valence-corrected chi connectivity index (χ3v) is 10.6. The van der Waals surface area contributed by atoms with Crippen molar-refractivity contribution >= 4 is 39.2 Å². The third kappa shape index (κ3) is 12.7. The average molecular weight is 928 g/mol. The number of phosphoric ester groups is 2. The van der Waals surface area contributed by atoms with Crippen LogP contribution in [-0.2, 0) is 56.0 Å². The number of rotatable bonds is 19. The number of hydrogen-bond acceptors (Lipinski definition) is 26. The summed E-state index contributed by atoms with van der Waals surface area (Å²) in [6, 6.07) is -0.848. The fourth-order valence-corrected chi connectivity index (χ4v) is 7.33. The van der Waals surface area contributed by atoms with Crippen molar-refractivity contribution in [1.29, 1.82) is 0 Å². The standard InChI is InChI=1S/C28H45N5O26P2/c29-13-1-2-33(27(47)31-13)24-21(43)19(41)11(56-24)7-55-61(51,52)59-28(26(45)46)3-9(35)16(23(58-28)17(39)10(36)5-34)32-14(37)4-30-15(38)8-53-25-22(44)20(42)18(40)12(57-25)6-54-60(48,49)50/h1-2,9-12,16-25,34-36,39-44H,3-8H2,(H,30,38)(H,32,37)(H,45,46)(H,51,52)(H2,29,31,47)(H2,48,49,50)/p-2/t9?,10-,11?,12?,16?,17-,18-,19?,20+,21?,22?,23?,24?,25+,28?/m1/s1. The van der Waals surface area contributed by atoms with E-state index < -0.39 is 170 Å². The van der Waals surface area contributed by atoms with Gasteiger partial charge in [0.1, 0.15) is 79.4 Å². The number of aromatic nitrogens is 2. The van der Waals surface area contributed by atoms with E-state index in [0.29, 0.717) is 4.57 Å². The molecule has 33 heteroatoms. The molecular formula is C28H43N5O26P2-2. The minimum absolute atomic E-state index is 0.202. The molecule has 1 aromatic heterocycles. The van der Waals surface area contributed by atoms with E-state index in [1.807, 2.05) is 10.6 Å². The molecule has 4 rings (SSSR count). The number of ether oxygens (including phenoxy) is 4. The molecule has 3 aliphatic heterocycles. The minimum atomic E-state index is -6.02. The molecule has 0 aromatic carbocycles. The predicted octanol–water partition coefficient (Wildman–Crippen LogP) is -11.2. The number of nitrogens with zero attached hydrogens (tertiary/aromatic N) is 2. The largest absolute Gasteiger partial charge is 0.756 e. The SMILES string of the molecule is Nc1ccn(C2OC(COP(=O)([O-])OC3(C(=O)[O-])CC(O)C(NC(=O)CNC(=O)CO[C@H]4OC(COP(=O)(O)O)[C@@H](O)[C@H](O)C4O)C([C@H](O)[C@H](O)CO)O3)C(O)C2O)c(=O)n1. The Bertz CT molecular complexity index is 1860. The Morgan fingerprint density at radius 1 is 0.984 bits per heavy atom. The third-order valence-electron chi connectivity index (χ3n) is 9.15. The molecule has 0 bridgehead atoms. The van der Waals surface area contributed by atoms with Gasteiger partial charge in [-0.3, -0.25) is 27.8 Å². The van der Waals surface area contributed by atoms with Gasteiger partial charge in [-0.25, -0.2) is 9.36 Å². The van der Waals surface area contributed by atoms with Crippen LogP contribution in [0.5, 0.6) is 0 Å². The van der Waals surface area contributed by atoms with Crippen LogP contribution in [0.4, 0.5) is 5.82 Å². The van der Waals surface area contributed by atoms with E-state index in [-0.39, 0.29) is 5.82 Å². The van der Waals surface area contributed by atoms with Gasteiger partial charge in [-0.05, 0) is 6.07 Å². The highest BCUT2D eigenvalue weighted by atomic mass is 31.2. The molecule has 31 nitrogen and oxygen atoms in total. The van der Waals surface area contributed by atoms with Crippen LogP contribution >= 0.6 is 15.6 Å². The first kappa shape index (κ1) is 50.4. The Kier molecular flexibility index (Phi) is 17.0. The van der Waals surface area contributed by atoms with Crippen LogP contribution < -0.4 is 32.1 Å². The number of nitrogen functional groups attached to an aromatic ring is 1. The Balaban J connectivity index is 1.38. The monoisotopic (exact) mass is 927 g/mol. The first-order chi connectivity index (χ1) is 28.3. The van der Waals surface area contributed by atoms with Crippen molar-refractivity contribution in [3.05, 3.63) is 22.7 Å². The van der Waals surface area contributed by atoms with Gasteiger partial charge in [0.2, 0.25) is 17.6 Å². The number of carboxylic acid groups (broad SMARTS) is 1. The van der Waals surface area contributed by atoms with Gasteiger partial charge in [0.05, 0.1) is 38.5 Å². The molecule has 2 amide bonds. The number of carboxylic acids is 1. The highest BCUT2D eigenvalue weighted by Gasteiger charge is 2.54. The smallest absolute Gasteiger partial charge is 0.469 e. The van der Waals surface area contributed by atoms with E-state index in [9.17, 15) is 84.3 Å². The molecule has 0 aliphatic carbocycles. The molecule has 16 atom stereocenters. The van der Waals surface area contributed by atoms with Crippen molar-refractivity contribution in [2.24, 2.45) is 0 Å². The number of phosphoric acid groups is 2. The molecule has 4 heterocycles. The lowest BCUT2D eigenvalue weighted by molar-refractivity contribution is -0.377. The number of carbonyl (C=O) groups excluding carboxylic acids is 3. The predicted molar refractivity (Wildman–Crippen MR) is 181 cm³/mol. The van der Waals surface area contributed by atoms with E-state index in [1.54, 1.807) is 0 Å². The van der Waals surface area contributed by atoms with Crippen LogP contribution in [0.1, 0.15) is 12.6 Å². The molecule has 0 saturated carbocycles. The number of aliphatic hydroxyl groups is 9. The topological polar surface area (TPSA) is 504 Å². The molecular weight excluding hydrogens is 884 g/mol. The van der Waals surface area contributed by atoms with Gasteiger partial charge in [-0.15, -0.1) is 0 Å². The van der Waals surface area contributed by atoms with E-state index in [4.69, 9.17) is 34.5 Å². The summed E-state index contributed by atoms with van der Waals surface area (Å²) < 4.78 is 58.8. The molecule has 1 aromatic rings. The van der Waals surface area contributed by atoms with Crippen molar-refractivity contribution in [1.82, 2.24) is 20.2 Å². The van der Waals surface area contributed by atoms with E-state index in [2.05, 4.69) is 18.6 Å². The lowest BCUT2D eigenvalue weighted by atomic mass is 9.88. The van der Waals surface area contributed by atoms with Crippen molar-refractivity contribution in [2.75, 3.05) is 38.7 Å². The Morgan fingerprint density at radius 3 is 2.21 bits per heavy atom. The van der Waals surface area contributed by atoms with Crippen LogP contribution in [0.25, 0.3) is 0 Å². The number of aliphatic hydroxyl groups excluding tert-OH is 9. The summed E-state index contributed by atoms with van der Waals surface area (Å²) in [6.45, 7) is -5.51. The maximum atomic E-state index is 13.0. The molecule has 15 N–H and O–H groups in total. The fraction of sp³-hybridized carbons (Fsp3) is 0.750. The summed E-state index contributed by atoms with van der Waals surface area (Å²) in [5, 5.41) is 109. The number of anilines is 1. The molecule has 3 aliphatic rings. The van der Waals surface area contributed by atoms with Crippen LogP contribution in [0, 0.1) is 0 Å². The van der Waals surface area contributed by atoms with E-state index in [0.717, 1.165) is 12.3 Å². The van der Waals surface area contributed by atoms with Crippen molar-refractivity contribution in [2.45, 2.75) is 97.9 Å². The number of amides is 2. The zero-order valence-electron chi connectivity index (χ0n) is 30.9. The first-order valence-corrected chi connectivity index (χ1v) is 20.4. The zero-order valence-corrected chi connectivity index (χ0v) is 32.7. The summed E-state index contributed by atoms with van der Waals surface area (Å²) in [7, 11) is -11.1. The zero-order chi connectivity index (χ0) is 45.8. The van der Waals surface area contributed by atoms with Gasteiger partial charge in [-0.2, -0.15) is 4.98 Å². The van der Waals surface area contributed by atoms with Crippen LogP contribution in [0.3, 0.4) is 0 Å². The fourth-order valence-electron chi connectivity index (χ4n) is 6.05. The quantitative estimate of drug-likeness (QED) is 0.0573. The van der Waals surface area contributed by atoms with Crippen molar-refractivity contribution < 1.29 is 122 Å². The highest BCUT2D eigenvalue weighted by molar-refractivity contribution is 7.46. The van der Waals surface area contributed by atoms with Crippen molar-refractivity contribution in [3.8, 4) is 0 Å². The second-order valence-corrected chi connectivity index (χ2v) is 16.1. The van der Waals surface area contributed by atoms with Gasteiger partial charge < -0.3 is 110 Å². The summed E-state index contributed by atoms with van der Waals surface area (Å²) >= 11 is 0. The minimum Gasteiger partial charge on any atom is -0.756 e. The van der Waals surface area contributed by atoms with E-state index >= 15 is 0 Å². The van der Waals surface area contributed by atoms with Gasteiger partial charge in [-0.1, -0.05) is 0 Å². The second kappa shape index (κ2) is 20.5. The Labute approximate surface area is 340 Å². The molecule has 348 valence electrons. The summed E-state index contributed by atoms with van der Waals surface area (Å²) in [5.74, 6) is -8.73. The lowest BCUT2D eigenvalue weighted by Gasteiger charge is -2.50. The molecule has 0 spiro atoms. The first-order valence-electron chi connectivity index (χ1n) is 17.4. The lowest BCUT2D eigenvalue weighted by Crippen LogP contribution is -2.70. The van der Waals surface area contributed by atoms with Crippen LogP contribution in [-0.4, -0.2) is 201 Å². The maximum absolute atomic E-state index is 13.0. The van der Waals surface area contributed by atoms with E-state index in [1.165, 1.54) is 0 Å². The summed E-state index contributed by atoms with van der Waals surface area (Å²) in [4.78, 5) is 84.0. The number of carbonyl (C=O) groups is 3. The number of nitrogens with one attached hydrogen (secondary N) is 2. The van der Waals surface area contributed by atoms with Crippen molar-refractivity contribution in [3.63, 3.8) is 0 Å². The number of nitrogens with two attached hydrogens (primary N) is 1. The van der Waals surface area contributed by atoms with Crippen LogP contribution in [0.2, 0.25) is 0 Å². The summed E-state index contributed by atoms with van der Waals surface area (Å²) in [6.07, 6.45) is -26.4. The Hall–Kier alpha value is -3.21. The molecule has 0 radical (unpaired) electrons. The molecule has 11 unspecified atom stereocenters. The Morgan fingerprint density at radius 2 is 1.61 bits per heavy atom. The molecule has 3 saturated heterocycles. The normalized spacial score (nSPS) is 35.1. The molecule has 61 heavy (non-hydrogen) atoms. The average Bonchev–Trinajstić information content (AvgIpc) is 3.46. The maximum Gasteiger partial charge on any atom is 0.469 e. The molecule has 3 fully saturated rings. The highest BCUT2D eigenvalue weighted by Crippen LogP contribution is 2.48. The second-order valence-electron chi connectivity index (χ2n) is 13.5.